The molecule has 1 heterocycles. The van der Waals surface area contributed by atoms with Gasteiger partial charge in [0.25, 0.3) is 0 Å². The summed E-state index contributed by atoms with van der Waals surface area (Å²) in [6.07, 6.45) is 3.81. The van der Waals surface area contributed by atoms with E-state index in [0.717, 1.165) is 25.3 Å². The molecule has 1 amide bonds. The van der Waals surface area contributed by atoms with Crippen LogP contribution in [0.25, 0.3) is 0 Å². The van der Waals surface area contributed by atoms with E-state index in [1.54, 1.807) is 0 Å². The van der Waals surface area contributed by atoms with E-state index in [2.05, 4.69) is 17.1 Å². The Labute approximate surface area is 109 Å². The van der Waals surface area contributed by atoms with Crippen LogP contribution in [0.3, 0.4) is 0 Å². The fraction of sp³-hybridized carbons (Fsp3) is 0.846. The Hall–Kier alpha value is -1.12. The topological polar surface area (TPSA) is 82.2 Å². The summed E-state index contributed by atoms with van der Waals surface area (Å²) in [4.78, 5) is 13.9. The SMILES string of the molecule is CCC1CCN(CC(=O)NCCC#N)C(CN)C1. The molecule has 2 atom stereocenters. The maximum Gasteiger partial charge on any atom is 0.234 e. The molecule has 0 aliphatic carbocycles. The number of piperidine rings is 1. The van der Waals surface area contributed by atoms with Crippen LogP contribution in [0.4, 0.5) is 0 Å². The van der Waals surface area contributed by atoms with E-state index in [4.69, 9.17) is 11.0 Å². The lowest BCUT2D eigenvalue weighted by molar-refractivity contribution is -0.123. The van der Waals surface area contributed by atoms with Gasteiger partial charge < -0.3 is 11.1 Å². The van der Waals surface area contributed by atoms with Crippen LogP contribution in [0.15, 0.2) is 0 Å². The molecule has 0 radical (unpaired) electrons. The van der Waals surface area contributed by atoms with Gasteiger partial charge in [-0.15, -0.1) is 0 Å². The van der Waals surface area contributed by atoms with Gasteiger partial charge in [-0.25, -0.2) is 0 Å². The Morgan fingerprint density at radius 2 is 2.39 bits per heavy atom. The normalized spacial score (nSPS) is 24.5. The van der Waals surface area contributed by atoms with Crippen molar-refractivity contribution in [2.75, 3.05) is 26.2 Å². The number of hydrogen-bond acceptors (Lipinski definition) is 4. The van der Waals surface area contributed by atoms with Crippen molar-refractivity contribution >= 4 is 5.91 Å². The minimum Gasteiger partial charge on any atom is -0.354 e. The summed E-state index contributed by atoms with van der Waals surface area (Å²) in [5, 5.41) is 11.2. The summed E-state index contributed by atoms with van der Waals surface area (Å²) >= 11 is 0. The van der Waals surface area contributed by atoms with Crippen LogP contribution in [0, 0.1) is 17.2 Å². The maximum atomic E-state index is 11.7. The van der Waals surface area contributed by atoms with Crippen LogP contribution < -0.4 is 11.1 Å². The molecule has 18 heavy (non-hydrogen) atoms. The second kappa shape index (κ2) is 8.06. The Kier molecular flexibility index (Phi) is 6.69. The number of nitrogens with zero attached hydrogens (tertiary/aromatic N) is 2. The first-order chi connectivity index (χ1) is 8.71. The first kappa shape index (κ1) is 14.9. The number of nitrogens with one attached hydrogen (secondary N) is 1. The fourth-order valence-corrected chi connectivity index (χ4v) is 2.51. The summed E-state index contributed by atoms with van der Waals surface area (Å²) in [5.74, 6) is 0.745. The lowest BCUT2D eigenvalue weighted by Gasteiger charge is -2.38. The minimum atomic E-state index is -0.00125. The van der Waals surface area contributed by atoms with Gasteiger partial charge in [-0.1, -0.05) is 13.3 Å². The molecule has 0 saturated carbocycles. The number of nitriles is 1. The van der Waals surface area contributed by atoms with Crippen molar-refractivity contribution in [1.29, 1.82) is 5.26 Å². The van der Waals surface area contributed by atoms with E-state index >= 15 is 0 Å². The highest BCUT2D eigenvalue weighted by atomic mass is 16.2. The van der Waals surface area contributed by atoms with Crippen LogP contribution in [-0.2, 0) is 4.79 Å². The first-order valence-electron chi connectivity index (χ1n) is 6.79. The highest BCUT2D eigenvalue weighted by Crippen LogP contribution is 2.24. The van der Waals surface area contributed by atoms with Gasteiger partial charge in [-0.05, 0) is 25.3 Å². The smallest absolute Gasteiger partial charge is 0.234 e. The highest BCUT2D eigenvalue weighted by Gasteiger charge is 2.27. The van der Waals surface area contributed by atoms with Crippen molar-refractivity contribution in [1.82, 2.24) is 10.2 Å². The van der Waals surface area contributed by atoms with E-state index in [1.165, 1.54) is 6.42 Å². The van der Waals surface area contributed by atoms with Crippen molar-refractivity contribution in [2.24, 2.45) is 11.7 Å². The summed E-state index contributed by atoms with van der Waals surface area (Å²) < 4.78 is 0. The minimum absolute atomic E-state index is 0.00125. The molecule has 5 nitrogen and oxygen atoms in total. The van der Waals surface area contributed by atoms with Crippen molar-refractivity contribution in [3.8, 4) is 6.07 Å². The van der Waals surface area contributed by atoms with E-state index in [-0.39, 0.29) is 5.91 Å². The van der Waals surface area contributed by atoms with Gasteiger partial charge in [0.1, 0.15) is 0 Å². The predicted octanol–water partition coefficient (Wildman–Crippen LogP) is 0.466. The zero-order valence-electron chi connectivity index (χ0n) is 11.2. The van der Waals surface area contributed by atoms with Crippen molar-refractivity contribution in [3.05, 3.63) is 0 Å². The number of hydrogen-bond donors (Lipinski definition) is 2. The van der Waals surface area contributed by atoms with Gasteiger partial charge in [0.05, 0.1) is 19.0 Å². The van der Waals surface area contributed by atoms with Crippen molar-refractivity contribution in [2.45, 2.75) is 38.6 Å². The second-order valence-electron chi connectivity index (χ2n) is 4.92. The van der Waals surface area contributed by atoms with Gasteiger partial charge in [0.2, 0.25) is 5.91 Å². The number of amides is 1. The van der Waals surface area contributed by atoms with Crippen LogP contribution in [-0.4, -0.2) is 43.0 Å². The molecule has 1 fully saturated rings. The van der Waals surface area contributed by atoms with Gasteiger partial charge in [-0.3, -0.25) is 9.69 Å². The van der Waals surface area contributed by atoms with Crippen molar-refractivity contribution in [3.63, 3.8) is 0 Å². The summed E-state index contributed by atoms with van der Waals surface area (Å²) in [6, 6.07) is 2.34. The molecular weight excluding hydrogens is 228 g/mol. The highest BCUT2D eigenvalue weighted by molar-refractivity contribution is 5.78. The molecule has 1 saturated heterocycles. The zero-order chi connectivity index (χ0) is 13.4. The van der Waals surface area contributed by atoms with Crippen molar-refractivity contribution < 1.29 is 4.79 Å². The maximum absolute atomic E-state index is 11.7. The molecule has 5 heteroatoms. The Morgan fingerprint density at radius 3 is 3.00 bits per heavy atom. The third kappa shape index (κ3) is 4.63. The van der Waals surface area contributed by atoms with Gasteiger partial charge in [0, 0.05) is 19.1 Å². The molecule has 0 spiro atoms. The first-order valence-corrected chi connectivity index (χ1v) is 6.79. The zero-order valence-corrected chi connectivity index (χ0v) is 11.2. The molecule has 0 aromatic carbocycles. The number of carbonyl (C=O) groups excluding carboxylic acids is 1. The van der Waals surface area contributed by atoms with Crippen LogP contribution >= 0.6 is 0 Å². The van der Waals surface area contributed by atoms with Crippen LogP contribution in [0.5, 0.6) is 0 Å². The molecule has 3 N–H and O–H groups in total. The fourth-order valence-electron chi connectivity index (χ4n) is 2.51. The Bertz CT molecular complexity index is 300. The average Bonchev–Trinajstić information content (AvgIpc) is 2.39. The number of likely N-dealkylation sites (tertiary alicyclic amines) is 1. The van der Waals surface area contributed by atoms with E-state index < -0.39 is 0 Å². The molecular formula is C13H24N4O. The molecule has 1 aliphatic rings. The van der Waals surface area contributed by atoms with Crippen LogP contribution in [0.1, 0.15) is 32.6 Å². The monoisotopic (exact) mass is 252 g/mol. The average molecular weight is 252 g/mol. The quantitative estimate of drug-likeness (QED) is 0.673. The van der Waals surface area contributed by atoms with E-state index in [9.17, 15) is 4.79 Å². The van der Waals surface area contributed by atoms with Gasteiger partial charge >= 0.3 is 0 Å². The van der Waals surface area contributed by atoms with E-state index in [0.29, 0.717) is 32.1 Å². The largest absolute Gasteiger partial charge is 0.354 e. The number of rotatable bonds is 6. The predicted molar refractivity (Wildman–Crippen MR) is 70.7 cm³/mol. The summed E-state index contributed by atoms with van der Waals surface area (Å²) in [6.45, 7) is 4.62. The summed E-state index contributed by atoms with van der Waals surface area (Å²) in [7, 11) is 0. The second-order valence-corrected chi connectivity index (χ2v) is 4.92. The Morgan fingerprint density at radius 1 is 1.61 bits per heavy atom. The van der Waals surface area contributed by atoms with E-state index in [1.807, 2.05) is 6.07 Å². The molecule has 1 rings (SSSR count). The molecule has 102 valence electrons. The van der Waals surface area contributed by atoms with Gasteiger partial charge in [0.15, 0.2) is 0 Å². The molecule has 0 aromatic rings. The molecule has 1 aliphatic heterocycles. The molecule has 2 unspecified atom stereocenters. The Balaban J connectivity index is 2.36. The lowest BCUT2D eigenvalue weighted by atomic mass is 9.89. The molecule has 0 bridgehead atoms. The van der Waals surface area contributed by atoms with Crippen LogP contribution in [0.2, 0.25) is 0 Å². The summed E-state index contributed by atoms with van der Waals surface area (Å²) in [5.41, 5.74) is 5.79. The van der Waals surface area contributed by atoms with Gasteiger partial charge in [-0.2, -0.15) is 5.26 Å². The third-order valence-corrected chi connectivity index (χ3v) is 3.70. The standard InChI is InChI=1S/C13H24N4O/c1-2-11-4-7-17(12(8-11)9-15)10-13(18)16-6-3-5-14/h11-12H,2-4,6-10,15H2,1H3,(H,16,18). The lowest BCUT2D eigenvalue weighted by Crippen LogP contribution is -2.50. The number of nitrogens with two attached hydrogens (primary N) is 1. The number of carbonyl (C=O) groups is 1. The third-order valence-electron chi connectivity index (χ3n) is 3.70. The molecule has 0 aromatic heterocycles.